The van der Waals surface area contributed by atoms with Gasteiger partial charge in [0.05, 0.1) is 38.6 Å². The molecule has 0 aliphatic carbocycles. The van der Waals surface area contributed by atoms with Crippen LogP contribution in [0.3, 0.4) is 0 Å². The van der Waals surface area contributed by atoms with Gasteiger partial charge in [-0.25, -0.2) is 29.6 Å². The van der Waals surface area contributed by atoms with Gasteiger partial charge in [0.1, 0.15) is 0 Å². The van der Waals surface area contributed by atoms with E-state index in [0.717, 1.165) is 74.7 Å². The number of aldehydes is 1. The third-order valence-corrected chi connectivity index (χ3v) is 12.8. The van der Waals surface area contributed by atoms with Crippen molar-refractivity contribution in [1.82, 2.24) is 12.8 Å². The number of benzene rings is 4. The maximum absolute atomic E-state index is 13.1. The monoisotopic (exact) mass is 905 g/mol. The van der Waals surface area contributed by atoms with Crippen LogP contribution in [0.15, 0.2) is 119 Å². The summed E-state index contributed by atoms with van der Waals surface area (Å²) in [6.07, 6.45) is -9.27. The minimum absolute atomic E-state index is 0.0704. The first kappa shape index (κ1) is 46.4. The number of halogens is 9. The van der Waals surface area contributed by atoms with Gasteiger partial charge in [0.2, 0.25) is 0 Å². The van der Waals surface area contributed by atoms with Crippen LogP contribution < -0.4 is 0 Å². The molecule has 2 N–H and O–H groups in total. The zero-order valence-corrected chi connectivity index (χ0v) is 32.6. The first-order chi connectivity index (χ1) is 28.4. The summed E-state index contributed by atoms with van der Waals surface area (Å²) < 4.78 is 163. The first-order valence-corrected chi connectivity index (χ1v) is 20.4. The molecule has 0 unspecified atom stereocenters. The van der Waals surface area contributed by atoms with Gasteiger partial charge in [-0.15, -0.1) is 0 Å². The highest BCUT2D eigenvalue weighted by atomic mass is 32.2. The van der Waals surface area contributed by atoms with Crippen LogP contribution in [-0.4, -0.2) is 77.5 Å². The zero-order valence-electron chi connectivity index (χ0n) is 31.0. The summed E-state index contributed by atoms with van der Waals surface area (Å²) in [5.74, 6) is -2.76. The Bertz CT molecular complexity index is 2780. The van der Waals surface area contributed by atoms with Crippen LogP contribution in [-0.2, 0) is 43.7 Å². The number of aliphatic hydroxyl groups is 1. The van der Waals surface area contributed by atoms with Gasteiger partial charge in [0, 0.05) is 41.3 Å². The quantitative estimate of drug-likeness (QED) is 0.114. The highest BCUT2D eigenvalue weighted by Crippen LogP contribution is 2.34. The maximum Gasteiger partial charge on any atom is 0.490 e. The maximum atomic E-state index is 13.1. The van der Waals surface area contributed by atoms with E-state index in [4.69, 9.17) is 9.90 Å². The number of hydrogen-bond acceptors (Lipinski definition) is 8. The van der Waals surface area contributed by atoms with E-state index >= 15 is 0 Å². The Morgan fingerprint density at radius 1 is 0.689 bits per heavy atom. The number of nitrogens with zero attached hydrogens (tertiary/aromatic N) is 3. The largest absolute Gasteiger partial charge is 0.490 e. The molecule has 7 rings (SSSR count). The predicted molar refractivity (Wildman–Crippen MR) is 202 cm³/mol. The molecule has 3 heterocycles. The molecule has 0 saturated carbocycles. The lowest BCUT2D eigenvalue weighted by Crippen LogP contribution is -2.31. The summed E-state index contributed by atoms with van der Waals surface area (Å²) in [6.45, 7) is 1.49. The van der Waals surface area contributed by atoms with Crippen LogP contribution in [0.25, 0.3) is 21.8 Å². The molecule has 1 aliphatic heterocycles. The molecule has 11 nitrogen and oxygen atoms in total. The molecule has 0 amide bonds. The van der Waals surface area contributed by atoms with E-state index in [-0.39, 0.29) is 18.2 Å². The topological polar surface area (TPSA) is 156 Å². The van der Waals surface area contributed by atoms with Crippen molar-refractivity contribution < 1.29 is 76.2 Å². The molecule has 1 atom stereocenters. The SMILES string of the molecule is O=C(O)C(F)(F)F.O=Cc1cccc2c1ccn2S(=O)(=O)c1cccc(C(F)(F)F)c1.O=S(=O)(c1cccc(C(F)(F)F)c1)n1ccc2c(CN3CCC[C@@H]3CO)cccc21. The predicted octanol–water partition coefficient (Wildman–Crippen LogP) is 8.20. The van der Waals surface area contributed by atoms with E-state index in [2.05, 4.69) is 4.90 Å². The van der Waals surface area contributed by atoms with Gasteiger partial charge in [0.25, 0.3) is 20.0 Å². The summed E-state index contributed by atoms with van der Waals surface area (Å²) in [5.41, 5.74) is -0.226. The molecule has 22 heteroatoms. The number of aliphatic hydroxyl groups excluding tert-OH is 1. The molecular formula is C39H32F9N3O8S2. The molecule has 0 spiro atoms. The minimum atomic E-state index is -5.08. The van der Waals surface area contributed by atoms with Gasteiger partial charge in [0.15, 0.2) is 6.29 Å². The summed E-state index contributed by atoms with van der Waals surface area (Å²) in [5, 5.41) is 17.8. The molecule has 4 aromatic carbocycles. The van der Waals surface area contributed by atoms with Gasteiger partial charge in [-0.2, -0.15) is 39.5 Å². The Kier molecular flexibility index (Phi) is 13.5. The van der Waals surface area contributed by atoms with Crippen LogP contribution in [0.5, 0.6) is 0 Å². The second-order valence-corrected chi connectivity index (χ2v) is 16.9. The van der Waals surface area contributed by atoms with Gasteiger partial charge in [-0.1, -0.05) is 36.4 Å². The number of hydrogen-bond donors (Lipinski definition) is 2. The van der Waals surface area contributed by atoms with Crippen molar-refractivity contribution in [1.29, 1.82) is 0 Å². The van der Waals surface area contributed by atoms with E-state index < -0.39 is 65.5 Å². The van der Waals surface area contributed by atoms with Crippen molar-refractivity contribution in [3.63, 3.8) is 0 Å². The van der Waals surface area contributed by atoms with Crippen LogP contribution in [0, 0.1) is 0 Å². The van der Waals surface area contributed by atoms with Gasteiger partial charge in [-0.3, -0.25) is 9.69 Å². The molecule has 1 saturated heterocycles. The fraction of sp³-hybridized carbons (Fsp3) is 0.231. The third kappa shape index (κ3) is 10.3. The third-order valence-electron chi connectivity index (χ3n) is 9.41. The Morgan fingerprint density at radius 3 is 1.61 bits per heavy atom. The van der Waals surface area contributed by atoms with Crippen molar-refractivity contribution in [3.8, 4) is 0 Å². The molecule has 1 fully saturated rings. The fourth-order valence-electron chi connectivity index (χ4n) is 6.45. The van der Waals surface area contributed by atoms with Crippen molar-refractivity contribution >= 4 is 54.1 Å². The normalized spacial score (nSPS) is 15.2. The highest BCUT2D eigenvalue weighted by molar-refractivity contribution is 7.90. The van der Waals surface area contributed by atoms with Crippen molar-refractivity contribution in [3.05, 3.63) is 132 Å². The first-order valence-electron chi connectivity index (χ1n) is 17.6. The van der Waals surface area contributed by atoms with E-state index in [1.54, 1.807) is 18.2 Å². The smallest absolute Gasteiger partial charge is 0.475 e. The van der Waals surface area contributed by atoms with Gasteiger partial charge in [-0.05, 0) is 85.6 Å². The fourth-order valence-corrected chi connectivity index (χ4v) is 9.24. The lowest BCUT2D eigenvalue weighted by molar-refractivity contribution is -0.192. The van der Waals surface area contributed by atoms with Crippen molar-refractivity contribution in [2.45, 2.75) is 53.7 Å². The number of carbonyl (C=O) groups is 2. The molecule has 0 radical (unpaired) electrons. The van der Waals surface area contributed by atoms with E-state index in [0.29, 0.717) is 41.4 Å². The Labute approximate surface area is 341 Å². The molecule has 61 heavy (non-hydrogen) atoms. The summed E-state index contributed by atoms with van der Waals surface area (Å²) in [6, 6.07) is 20.2. The van der Waals surface area contributed by atoms with Gasteiger partial charge < -0.3 is 10.2 Å². The molecule has 0 bridgehead atoms. The second kappa shape index (κ2) is 17.7. The number of carboxylic acid groups (broad SMARTS) is 1. The number of aromatic nitrogens is 2. The number of fused-ring (bicyclic) bond motifs is 2. The van der Waals surface area contributed by atoms with Crippen LogP contribution >= 0.6 is 0 Å². The van der Waals surface area contributed by atoms with Gasteiger partial charge >= 0.3 is 24.5 Å². The lowest BCUT2D eigenvalue weighted by Gasteiger charge is -2.23. The Balaban J connectivity index is 0.000000203. The number of likely N-dealkylation sites (tertiary alicyclic amines) is 1. The average molecular weight is 906 g/mol. The minimum Gasteiger partial charge on any atom is -0.475 e. The van der Waals surface area contributed by atoms with E-state index in [1.165, 1.54) is 36.7 Å². The number of rotatable bonds is 8. The Morgan fingerprint density at radius 2 is 1.15 bits per heavy atom. The van der Waals surface area contributed by atoms with Crippen LogP contribution in [0.1, 0.15) is 39.9 Å². The van der Waals surface area contributed by atoms with E-state index in [1.807, 2.05) is 6.07 Å². The molecule has 1 aliphatic rings. The standard InChI is InChI=1S/C21H21F3N2O3S.C16H10F3NO3S.C2HF3O2/c22-21(23,24)16-5-2-7-18(12-16)30(28,29)26-11-9-19-15(4-1-8-20(19)26)13-25-10-3-6-17(25)14-27;17-16(18,19)12-4-2-5-13(9-12)24(22,23)20-8-7-14-11(10-21)3-1-6-15(14)20;3-2(4,5)1(6)7/h1-2,4-5,7-9,11-12,17,27H,3,6,10,13-14H2;1-10H;(H,6,7)/t17-;;/m1../s1. The number of aliphatic carboxylic acids is 1. The summed E-state index contributed by atoms with van der Waals surface area (Å²) in [4.78, 5) is 21.2. The second-order valence-electron chi connectivity index (χ2n) is 13.3. The molecule has 2 aromatic heterocycles. The molecule has 6 aromatic rings. The van der Waals surface area contributed by atoms with Crippen molar-refractivity contribution in [2.75, 3.05) is 13.2 Å². The summed E-state index contributed by atoms with van der Waals surface area (Å²) >= 11 is 0. The highest BCUT2D eigenvalue weighted by Gasteiger charge is 2.38. The number of carbonyl (C=O) groups excluding carboxylic acids is 1. The lowest BCUT2D eigenvalue weighted by atomic mass is 10.1. The molecular weight excluding hydrogens is 874 g/mol. The summed E-state index contributed by atoms with van der Waals surface area (Å²) in [7, 11) is -8.43. The van der Waals surface area contributed by atoms with Crippen molar-refractivity contribution in [2.24, 2.45) is 0 Å². The van der Waals surface area contributed by atoms with E-state index in [9.17, 15) is 66.3 Å². The molecule has 326 valence electrons. The Hall–Kier alpha value is -5.71. The zero-order chi connectivity index (χ0) is 45.1. The number of alkyl halides is 9. The van der Waals surface area contributed by atoms with Crippen LogP contribution in [0.4, 0.5) is 39.5 Å². The van der Waals surface area contributed by atoms with Crippen LogP contribution in [0.2, 0.25) is 0 Å². The average Bonchev–Trinajstić information content (AvgIpc) is 3.97. The number of carboxylic acids is 1.